The molecule has 0 radical (unpaired) electrons. The van der Waals surface area contributed by atoms with Crippen LogP contribution in [-0.2, 0) is 13.5 Å². The number of nitrogens with zero attached hydrogens (tertiary/aromatic N) is 3. The van der Waals surface area contributed by atoms with Gasteiger partial charge in [-0.05, 0) is 24.1 Å². The van der Waals surface area contributed by atoms with Gasteiger partial charge in [-0.1, -0.05) is 18.2 Å². The maximum absolute atomic E-state index is 11.7. The van der Waals surface area contributed by atoms with Gasteiger partial charge in [-0.3, -0.25) is 9.48 Å². The molecule has 108 valence electrons. The van der Waals surface area contributed by atoms with E-state index in [0.717, 1.165) is 5.56 Å². The number of aryl methyl sites for hydroxylation is 1. The lowest BCUT2D eigenvalue weighted by Gasteiger charge is -2.04. The van der Waals surface area contributed by atoms with Crippen molar-refractivity contribution in [2.45, 2.75) is 6.42 Å². The number of carbonyl (C=O) groups is 1. The molecule has 21 heavy (non-hydrogen) atoms. The predicted octanol–water partition coefficient (Wildman–Crippen LogP) is 1.62. The lowest BCUT2D eigenvalue weighted by Crippen LogP contribution is -2.18. The average Bonchev–Trinajstić information content (AvgIpc) is 2.89. The zero-order valence-electron chi connectivity index (χ0n) is 11.7. The monoisotopic (exact) mass is 284 g/mol. The van der Waals surface area contributed by atoms with Gasteiger partial charge in [-0.25, -0.2) is 5.43 Å². The SMILES string of the molecule is C=CCc1cccc(/C=N/NC(=O)c2ccn(C)n2)c1O. The molecule has 0 saturated heterocycles. The van der Waals surface area contributed by atoms with Gasteiger partial charge >= 0.3 is 0 Å². The van der Waals surface area contributed by atoms with E-state index in [9.17, 15) is 9.90 Å². The number of aromatic nitrogens is 2. The highest BCUT2D eigenvalue weighted by Gasteiger charge is 2.07. The van der Waals surface area contributed by atoms with E-state index < -0.39 is 5.91 Å². The van der Waals surface area contributed by atoms with Crippen LogP contribution < -0.4 is 5.43 Å². The van der Waals surface area contributed by atoms with Crippen molar-refractivity contribution in [3.63, 3.8) is 0 Å². The Kier molecular flexibility index (Phi) is 4.50. The van der Waals surface area contributed by atoms with Crippen LogP contribution in [0.25, 0.3) is 0 Å². The van der Waals surface area contributed by atoms with Gasteiger partial charge in [-0.15, -0.1) is 6.58 Å². The highest BCUT2D eigenvalue weighted by atomic mass is 16.3. The highest BCUT2D eigenvalue weighted by Crippen LogP contribution is 2.21. The number of hydrazone groups is 1. The van der Waals surface area contributed by atoms with Crippen LogP contribution in [-0.4, -0.2) is 27.0 Å². The Morgan fingerprint density at radius 3 is 3.00 bits per heavy atom. The molecule has 2 N–H and O–H groups in total. The Balaban J connectivity index is 2.06. The van der Waals surface area contributed by atoms with Gasteiger partial charge in [0.15, 0.2) is 5.69 Å². The summed E-state index contributed by atoms with van der Waals surface area (Å²) in [6.07, 6.45) is 5.33. The zero-order valence-corrected chi connectivity index (χ0v) is 11.7. The molecule has 0 aliphatic heterocycles. The second-order valence-corrected chi connectivity index (χ2v) is 4.42. The van der Waals surface area contributed by atoms with Crippen molar-refractivity contribution < 1.29 is 9.90 Å². The second-order valence-electron chi connectivity index (χ2n) is 4.42. The molecule has 0 fully saturated rings. The largest absolute Gasteiger partial charge is 0.507 e. The van der Waals surface area contributed by atoms with Gasteiger partial charge in [0.1, 0.15) is 5.75 Å². The van der Waals surface area contributed by atoms with Crippen LogP contribution in [0.15, 0.2) is 48.2 Å². The van der Waals surface area contributed by atoms with Gasteiger partial charge in [0.2, 0.25) is 0 Å². The van der Waals surface area contributed by atoms with Crippen LogP contribution in [0.5, 0.6) is 5.75 Å². The Labute approximate surface area is 122 Å². The third-order valence-electron chi connectivity index (χ3n) is 2.83. The van der Waals surface area contributed by atoms with E-state index in [0.29, 0.717) is 12.0 Å². The molecule has 0 aliphatic carbocycles. The van der Waals surface area contributed by atoms with Crippen LogP contribution in [0.4, 0.5) is 0 Å². The Morgan fingerprint density at radius 1 is 1.52 bits per heavy atom. The Bertz CT molecular complexity index is 689. The molecule has 0 bridgehead atoms. The topological polar surface area (TPSA) is 79.5 Å². The Hall–Kier alpha value is -2.89. The fourth-order valence-electron chi connectivity index (χ4n) is 1.79. The van der Waals surface area contributed by atoms with Crippen LogP contribution in [0.1, 0.15) is 21.6 Å². The van der Waals surface area contributed by atoms with Gasteiger partial charge in [0, 0.05) is 18.8 Å². The first-order valence-corrected chi connectivity index (χ1v) is 6.36. The predicted molar refractivity (Wildman–Crippen MR) is 80.3 cm³/mol. The number of phenolic OH excluding ortho intramolecular Hbond substituents is 1. The first kappa shape index (κ1) is 14.5. The van der Waals surface area contributed by atoms with Gasteiger partial charge in [0.05, 0.1) is 6.21 Å². The summed E-state index contributed by atoms with van der Waals surface area (Å²) in [5.41, 5.74) is 3.92. The molecule has 1 heterocycles. The molecule has 1 aromatic carbocycles. The van der Waals surface area contributed by atoms with Crippen molar-refractivity contribution in [1.29, 1.82) is 0 Å². The third kappa shape index (κ3) is 3.56. The number of aromatic hydroxyl groups is 1. The number of rotatable bonds is 5. The molecule has 6 heteroatoms. The molecule has 0 spiro atoms. The molecule has 2 aromatic rings. The summed E-state index contributed by atoms with van der Waals surface area (Å²) in [6, 6.07) is 6.91. The summed E-state index contributed by atoms with van der Waals surface area (Å²) >= 11 is 0. The third-order valence-corrected chi connectivity index (χ3v) is 2.83. The number of para-hydroxylation sites is 1. The van der Waals surface area contributed by atoms with Crippen LogP contribution in [0, 0.1) is 0 Å². The van der Waals surface area contributed by atoms with Crippen molar-refractivity contribution >= 4 is 12.1 Å². The minimum Gasteiger partial charge on any atom is -0.507 e. The number of hydrogen-bond acceptors (Lipinski definition) is 4. The van der Waals surface area contributed by atoms with Crippen LogP contribution in [0.3, 0.4) is 0 Å². The van der Waals surface area contributed by atoms with E-state index in [2.05, 4.69) is 22.2 Å². The van der Waals surface area contributed by atoms with Gasteiger partial charge in [-0.2, -0.15) is 10.2 Å². The number of phenols is 1. The van der Waals surface area contributed by atoms with Gasteiger partial charge in [0.25, 0.3) is 5.91 Å². The Morgan fingerprint density at radius 2 is 2.33 bits per heavy atom. The lowest BCUT2D eigenvalue weighted by molar-refractivity contribution is 0.0949. The standard InChI is InChI=1S/C15H16N4O2/c1-3-5-11-6-4-7-12(14(11)20)10-16-17-15(21)13-8-9-19(2)18-13/h3-4,6-10,20H,1,5H2,2H3,(H,17,21)/b16-10+. The van der Waals surface area contributed by atoms with Gasteiger partial charge < -0.3 is 5.11 Å². The molecule has 0 atom stereocenters. The van der Waals surface area contributed by atoms with E-state index in [-0.39, 0.29) is 11.4 Å². The number of amides is 1. The molecule has 0 saturated carbocycles. The number of allylic oxidation sites excluding steroid dienone is 1. The molecular weight excluding hydrogens is 268 g/mol. The van der Waals surface area contributed by atoms with Crippen molar-refractivity contribution in [2.24, 2.45) is 12.1 Å². The van der Waals surface area contributed by atoms with E-state index in [4.69, 9.17) is 0 Å². The first-order valence-electron chi connectivity index (χ1n) is 6.36. The number of carbonyl (C=O) groups excluding carboxylic acids is 1. The van der Waals surface area contributed by atoms with E-state index in [1.54, 1.807) is 43.6 Å². The molecule has 0 unspecified atom stereocenters. The summed E-state index contributed by atoms with van der Waals surface area (Å²) in [7, 11) is 1.73. The molecule has 6 nitrogen and oxygen atoms in total. The minimum atomic E-state index is -0.409. The molecule has 1 amide bonds. The minimum absolute atomic E-state index is 0.133. The van der Waals surface area contributed by atoms with Crippen LogP contribution >= 0.6 is 0 Å². The summed E-state index contributed by atoms with van der Waals surface area (Å²) in [4.78, 5) is 11.7. The van der Waals surface area contributed by atoms with Crippen molar-refractivity contribution in [3.8, 4) is 5.75 Å². The summed E-state index contributed by atoms with van der Waals surface area (Å²) in [5.74, 6) is -0.276. The van der Waals surface area contributed by atoms with Crippen LogP contribution in [0.2, 0.25) is 0 Å². The van der Waals surface area contributed by atoms with E-state index >= 15 is 0 Å². The molecule has 2 rings (SSSR count). The maximum atomic E-state index is 11.7. The lowest BCUT2D eigenvalue weighted by atomic mass is 10.1. The highest BCUT2D eigenvalue weighted by molar-refractivity contribution is 5.93. The molecular formula is C15H16N4O2. The summed E-state index contributed by atoms with van der Waals surface area (Å²) < 4.78 is 1.53. The van der Waals surface area contributed by atoms with Crippen molar-refractivity contribution in [1.82, 2.24) is 15.2 Å². The number of nitrogens with one attached hydrogen (secondary N) is 1. The normalized spacial score (nSPS) is 10.7. The number of hydrogen-bond donors (Lipinski definition) is 2. The fraction of sp³-hybridized carbons (Fsp3) is 0.133. The van der Waals surface area contributed by atoms with E-state index in [1.165, 1.54) is 10.9 Å². The summed E-state index contributed by atoms with van der Waals surface area (Å²) in [5, 5.41) is 17.8. The molecule has 1 aromatic heterocycles. The second kappa shape index (κ2) is 6.51. The first-order chi connectivity index (χ1) is 10.1. The quantitative estimate of drug-likeness (QED) is 0.497. The summed E-state index contributed by atoms with van der Waals surface area (Å²) in [6.45, 7) is 3.64. The van der Waals surface area contributed by atoms with Crippen molar-refractivity contribution in [2.75, 3.05) is 0 Å². The average molecular weight is 284 g/mol. The maximum Gasteiger partial charge on any atom is 0.291 e. The number of benzene rings is 1. The smallest absolute Gasteiger partial charge is 0.291 e. The van der Waals surface area contributed by atoms with E-state index in [1.807, 2.05) is 0 Å². The molecule has 0 aliphatic rings. The van der Waals surface area contributed by atoms with Crippen molar-refractivity contribution in [3.05, 3.63) is 59.9 Å². The zero-order chi connectivity index (χ0) is 15.2. The fourth-order valence-corrected chi connectivity index (χ4v) is 1.79.